The number of urea groups is 1. The highest BCUT2D eigenvalue weighted by Crippen LogP contribution is 2.19. The Hall–Kier alpha value is -1.71. The minimum absolute atomic E-state index is 0.105. The van der Waals surface area contributed by atoms with E-state index in [-0.39, 0.29) is 6.03 Å². The van der Waals surface area contributed by atoms with Crippen LogP contribution in [0.2, 0.25) is 0 Å². The van der Waals surface area contributed by atoms with Gasteiger partial charge in [0.15, 0.2) is 0 Å². The Labute approximate surface area is 146 Å². The zero-order chi connectivity index (χ0) is 17.0. The van der Waals surface area contributed by atoms with E-state index in [0.29, 0.717) is 6.04 Å². The molecule has 1 aromatic carbocycles. The van der Waals surface area contributed by atoms with Crippen LogP contribution in [0, 0.1) is 0 Å². The average Bonchev–Trinajstić information content (AvgIpc) is 2.60. The minimum Gasteiger partial charge on any atom is -0.494 e. The fourth-order valence-electron chi connectivity index (χ4n) is 3.13. The number of anilines is 1. The van der Waals surface area contributed by atoms with E-state index in [2.05, 4.69) is 17.6 Å². The number of nitrogens with one attached hydrogen (secondary N) is 2. The highest BCUT2D eigenvalue weighted by Gasteiger charge is 2.15. The lowest BCUT2D eigenvalue weighted by atomic mass is 9.96. The third-order valence-electron chi connectivity index (χ3n) is 4.57. The number of benzene rings is 1. The van der Waals surface area contributed by atoms with Gasteiger partial charge in [-0.2, -0.15) is 0 Å². The smallest absolute Gasteiger partial charge is 0.319 e. The van der Waals surface area contributed by atoms with Gasteiger partial charge in [-0.1, -0.05) is 51.9 Å². The van der Waals surface area contributed by atoms with Crippen molar-refractivity contribution in [3.05, 3.63) is 24.3 Å². The molecule has 0 spiro atoms. The maximum atomic E-state index is 12.0. The van der Waals surface area contributed by atoms with Crippen LogP contribution in [0.4, 0.5) is 10.5 Å². The lowest BCUT2D eigenvalue weighted by Gasteiger charge is -2.22. The van der Waals surface area contributed by atoms with Crippen molar-refractivity contribution in [2.75, 3.05) is 11.9 Å². The summed E-state index contributed by atoms with van der Waals surface area (Å²) in [7, 11) is 0. The van der Waals surface area contributed by atoms with Crippen LogP contribution in [0.5, 0.6) is 5.75 Å². The van der Waals surface area contributed by atoms with Gasteiger partial charge in [0.25, 0.3) is 0 Å². The molecule has 2 amide bonds. The number of hydrogen-bond donors (Lipinski definition) is 2. The number of hydrogen-bond acceptors (Lipinski definition) is 2. The molecule has 0 aliphatic heterocycles. The summed E-state index contributed by atoms with van der Waals surface area (Å²) in [5.41, 5.74) is 0.804. The first-order chi connectivity index (χ1) is 11.8. The van der Waals surface area contributed by atoms with Gasteiger partial charge >= 0.3 is 6.03 Å². The largest absolute Gasteiger partial charge is 0.494 e. The Morgan fingerprint density at radius 3 is 2.46 bits per heavy atom. The van der Waals surface area contributed by atoms with Crippen molar-refractivity contribution >= 4 is 11.7 Å². The number of amides is 2. The van der Waals surface area contributed by atoms with Gasteiger partial charge in [-0.3, -0.25) is 0 Å². The van der Waals surface area contributed by atoms with Crippen LogP contribution in [-0.4, -0.2) is 18.7 Å². The van der Waals surface area contributed by atoms with Crippen LogP contribution in [0.25, 0.3) is 0 Å². The third kappa shape index (κ3) is 7.24. The Bertz CT molecular complexity index is 467. The van der Waals surface area contributed by atoms with Crippen LogP contribution < -0.4 is 15.4 Å². The van der Waals surface area contributed by atoms with Gasteiger partial charge < -0.3 is 15.4 Å². The molecule has 1 saturated carbocycles. The van der Waals surface area contributed by atoms with Crippen LogP contribution >= 0.6 is 0 Å². The van der Waals surface area contributed by atoms with E-state index in [1.165, 1.54) is 44.9 Å². The second-order valence-corrected chi connectivity index (χ2v) is 6.72. The van der Waals surface area contributed by atoms with Gasteiger partial charge in [-0.15, -0.1) is 0 Å². The molecular formula is C20H32N2O2. The first-order valence-corrected chi connectivity index (χ1v) is 9.58. The molecule has 134 valence electrons. The standard InChI is InChI=1S/C20H32N2O2/c1-2-3-4-5-9-16-24-19-14-12-18(13-15-19)22-20(23)21-17-10-7-6-8-11-17/h12-15,17H,2-11,16H2,1H3,(H2,21,22,23). The molecule has 0 radical (unpaired) electrons. The Balaban J connectivity index is 1.64. The van der Waals surface area contributed by atoms with Crippen LogP contribution in [0.3, 0.4) is 0 Å². The van der Waals surface area contributed by atoms with Gasteiger partial charge in [0.2, 0.25) is 0 Å². The van der Waals surface area contributed by atoms with Crippen molar-refractivity contribution in [2.24, 2.45) is 0 Å². The number of ether oxygens (including phenoxy) is 1. The van der Waals surface area contributed by atoms with Gasteiger partial charge in [-0.25, -0.2) is 4.79 Å². The Kier molecular flexibility index (Phi) is 8.50. The first-order valence-electron chi connectivity index (χ1n) is 9.58. The zero-order valence-corrected chi connectivity index (χ0v) is 15.0. The summed E-state index contributed by atoms with van der Waals surface area (Å²) in [5.74, 6) is 0.865. The van der Waals surface area contributed by atoms with E-state index < -0.39 is 0 Å². The van der Waals surface area contributed by atoms with Gasteiger partial charge in [-0.05, 0) is 43.5 Å². The number of carbonyl (C=O) groups excluding carboxylic acids is 1. The molecule has 1 aliphatic rings. The molecule has 0 unspecified atom stereocenters. The lowest BCUT2D eigenvalue weighted by molar-refractivity contribution is 0.244. The molecular weight excluding hydrogens is 300 g/mol. The van der Waals surface area contributed by atoms with Crippen molar-refractivity contribution < 1.29 is 9.53 Å². The molecule has 2 rings (SSSR count). The maximum Gasteiger partial charge on any atom is 0.319 e. The molecule has 24 heavy (non-hydrogen) atoms. The summed E-state index contributed by atoms with van der Waals surface area (Å²) in [6.45, 7) is 2.99. The summed E-state index contributed by atoms with van der Waals surface area (Å²) in [5, 5.41) is 5.96. The van der Waals surface area contributed by atoms with Gasteiger partial charge in [0.1, 0.15) is 5.75 Å². The van der Waals surface area contributed by atoms with Gasteiger partial charge in [0.05, 0.1) is 6.61 Å². The molecule has 1 fully saturated rings. The maximum absolute atomic E-state index is 12.0. The van der Waals surface area contributed by atoms with Crippen molar-refractivity contribution in [1.29, 1.82) is 0 Å². The van der Waals surface area contributed by atoms with E-state index in [1.807, 2.05) is 24.3 Å². The highest BCUT2D eigenvalue weighted by atomic mass is 16.5. The topological polar surface area (TPSA) is 50.4 Å². The molecule has 0 aromatic heterocycles. The molecule has 0 saturated heterocycles. The van der Waals surface area contributed by atoms with E-state index in [1.54, 1.807) is 0 Å². The number of carbonyl (C=O) groups is 1. The van der Waals surface area contributed by atoms with Crippen LogP contribution in [0.15, 0.2) is 24.3 Å². The third-order valence-corrected chi connectivity index (χ3v) is 4.57. The summed E-state index contributed by atoms with van der Waals surface area (Å²) < 4.78 is 5.74. The predicted molar refractivity (Wildman–Crippen MR) is 99.7 cm³/mol. The molecule has 4 heteroatoms. The summed E-state index contributed by atoms with van der Waals surface area (Å²) in [4.78, 5) is 12.0. The summed E-state index contributed by atoms with van der Waals surface area (Å²) >= 11 is 0. The predicted octanol–water partition coefficient (Wildman–Crippen LogP) is 5.49. The first kappa shape index (κ1) is 18.6. The van der Waals surface area contributed by atoms with Crippen LogP contribution in [-0.2, 0) is 0 Å². The summed E-state index contributed by atoms with van der Waals surface area (Å²) in [6.07, 6.45) is 12.1. The molecule has 0 bridgehead atoms. The second-order valence-electron chi connectivity index (χ2n) is 6.72. The molecule has 2 N–H and O–H groups in total. The van der Waals surface area contributed by atoms with E-state index in [4.69, 9.17) is 4.74 Å². The fourth-order valence-corrected chi connectivity index (χ4v) is 3.13. The van der Waals surface area contributed by atoms with Gasteiger partial charge in [0, 0.05) is 11.7 Å². The average molecular weight is 332 g/mol. The minimum atomic E-state index is -0.105. The molecule has 1 aromatic rings. The quantitative estimate of drug-likeness (QED) is 0.587. The monoisotopic (exact) mass is 332 g/mol. The Morgan fingerprint density at radius 2 is 1.75 bits per heavy atom. The highest BCUT2D eigenvalue weighted by molar-refractivity contribution is 5.89. The molecule has 1 aliphatic carbocycles. The van der Waals surface area contributed by atoms with E-state index in [0.717, 1.165) is 37.3 Å². The van der Waals surface area contributed by atoms with Crippen molar-refractivity contribution in [3.63, 3.8) is 0 Å². The van der Waals surface area contributed by atoms with Crippen molar-refractivity contribution in [1.82, 2.24) is 5.32 Å². The molecule has 4 nitrogen and oxygen atoms in total. The Morgan fingerprint density at radius 1 is 1.04 bits per heavy atom. The fraction of sp³-hybridized carbons (Fsp3) is 0.650. The van der Waals surface area contributed by atoms with Crippen molar-refractivity contribution in [3.8, 4) is 5.75 Å². The molecule has 0 heterocycles. The number of unbranched alkanes of at least 4 members (excludes halogenated alkanes) is 4. The second kappa shape index (κ2) is 11.0. The van der Waals surface area contributed by atoms with E-state index >= 15 is 0 Å². The van der Waals surface area contributed by atoms with Crippen LogP contribution in [0.1, 0.15) is 71.1 Å². The number of rotatable bonds is 9. The molecule has 0 atom stereocenters. The van der Waals surface area contributed by atoms with Crippen molar-refractivity contribution in [2.45, 2.75) is 77.2 Å². The zero-order valence-electron chi connectivity index (χ0n) is 15.0. The SMILES string of the molecule is CCCCCCCOc1ccc(NC(=O)NC2CCCCC2)cc1. The normalized spacial score (nSPS) is 15.0. The lowest BCUT2D eigenvalue weighted by Crippen LogP contribution is -2.38. The summed E-state index contributed by atoms with van der Waals surface area (Å²) in [6, 6.07) is 7.85. The van der Waals surface area contributed by atoms with E-state index in [9.17, 15) is 4.79 Å².